The van der Waals surface area contributed by atoms with Crippen LogP contribution in [0.5, 0.6) is 0 Å². The van der Waals surface area contributed by atoms with E-state index in [1.165, 1.54) is 0 Å². The number of rotatable bonds is 16. The van der Waals surface area contributed by atoms with Crippen LogP contribution in [-0.2, 0) is 23.7 Å². The summed E-state index contributed by atoms with van der Waals surface area (Å²) >= 11 is 0. The summed E-state index contributed by atoms with van der Waals surface area (Å²) < 4.78 is 21.2. The minimum absolute atomic E-state index is 0.0803. The number of carbonyl (C=O) groups excluding carboxylic acids is 1. The van der Waals surface area contributed by atoms with E-state index in [0.717, 1.165) is 25.9 Å². The third kappa shape index (κ3) is 17.3. The van der Waals surface area contributed by atoms with Crippen molar-refractivity contribution >= 4 is 5.91 Å². The lowest BCUT2D eigenvalue weighted by molar-refractivity contribution is -0.126. The van der Waals surface area contributed by atoms with Crippen molar-refractivity contribution in [2.75, 3.05) is 59.4 Å². The molecular formula is C15H31NO5. The van der Waals surface area contributed by atoms with Gasteiger partial charge in [0.05, 0.1) is 39.6 Å². The van der Waals surface area contributed by atoms with Gasteiger partial charge in [0.15, 0.2) is 0 Å². The normalized spacial score (nSPS) is 10.8. The quantitative estimate of drug-likeness (QED) is 0.436. The van der Waals surface area contributed by atoms with E-state index in [9.17, 15) is 4.79 Å². The average molecular weight is 305 g/mol. The minimum Gasteiger partial charge on any atom is -0.379 e. The van der Waals surface area contributed by atoms with Gasteiger partial charge < -0.3 is 24.3 Å². The Morgan fingerprint density at radius 2 is 1.29 bits per heavy atom. The van der Waals surface area contributed by atoms with Crippen molar-refractivity contribution in [2.24, 2.45) is 0 Å². The van der Waals surface area contributed by atoms with Crippen molar-refractivity contribution in [1.29, 1.82) is 0 Å². The molecule has 0 saturated heterocycles. The Morgan fingerprint density at radius 3 is 1.81 bits per heavy atom. The van der Waals surface area contributed by atoms with Gasteiger partial charge in [-0.15, -0.1) is 0 Å². The highest BCUT2D eigenvalue weighted by Gasteiger charge is 1.99. The van der Waals surface area contributed by atoms with Crippen LogP contribution in [0.4, 0.5) is 0 Å². The van der Waals surface area contributed by atoms with E-state index in [-0.39, 0.29) is 12.5 Å². The molecule has 0 aromatic rings. The minimum atomic E-state index is -0.0803. The van der Waals surface area contributed by atoms with Crippen molar-refractivity contribution in [2.45, 2.75) is 33.1 Å². The maximum Gasteiger partial charge on any atom is 0.245 e. The molecule has 21 heavy (non-hydrogen) atoms. The summed E-state index contributed by atoms with van der Waals surface area (Å²) in [7, 11) is 0. The van der Waals surface area contributed by atoms with Crippen LogP contribution in [0, 0.1) is 0 Å². The second kappa shape index (κ2) is 17.4. The van der Waals surface area contributed by atoms with Crippen LogP contribution in [0.2, 0.25) is 0 Å². The van der Waals surface area contributed by atoms with E-state index in [0.29, 0.717) is 46.2 Å². The molecule has 0 aliphatic carbocycles. The monoisotopic (exact) mass is 305 g/mol. The fourth-order valence-electron chi connectivity index (χ4n) is 1.39. The van der Waals surface area contributed by atoms with Gasteiger partial charge in [0.1, 0.15) is 6.61 Å². The zero-order chi connectivity index (χ0) is 15.6. The van der Waals surface area contributed by atoms with Gasteiger partial charge in [-0.25, -0.2) is 0 Å². The van der Waals surface area contributed by atoms with Crippen molar-refractivity contribution in [3.8, 4) is 0 Å². The molecular weight excluding hydrogens is 274 g/mol. The van der Waals surface area contributed by atoms with Gasteiger partial charge in [-0.2, -0.15) is 0 Å². The number of nitrogens with one attached hydrogen (secondary N) is 1. The summed E-state index contributed by atoms with van der Waals surface area (Å²) in [6.45, 7) is 8.93. The molecule has 6 heteroatoms. The molecule has 0 saturated carbocycles. The first-order valence-corrected chi connectivity index (χ1v) is 7.88. The molecule has 6 nitrogen and oxygen atoms in total. The van der Waals surface area contributed by atoms with Crippen LogP contribution in [0.25, 0.3) is 0 Å². The molecule has 0 unspecified atom stereocenters. The van der Waals surface area contributed by atoms with Crippen LogP contribution in [0.1, 0.15) is 33.1 Å². The smallest absolute Gasteiger partial charge is 0.245 e. The van der Waals surface area contributed by atoms with Gasteiger partial charge >= 0.3 is 0 Å². The van der Waals surface area contributed by atoms with E-state index in [1.807, 2.05) is 6.92 Å². The van der Waals surface area contributed by atoms with Gasteiger partial charge in [-0.1, -0.05) is 20.3 Å². The molecule has 0 atom stereocenters. The van der Waals surface area contributed by atoms with Crippen molar-refractivity contribution < 1.29 is 23.7 Å². The van der Waals surface area contributed by atoms with Crippen LogP contribution in [0.3, 0.4) is 0 Å². The highest BCUT2D eigenvalue weighted by Crippen LogP contribution is 1.88. The molecule has 0 aliphatic rings. The fraction of sp³-hybridized carbons (Fsp3) is 0.933. The summed E-state index contributed by atoms with van der Waals surface area (Å²) in [4.78, 5) is 11.2. The average Bonchev–Trinajstić information content (AvgIpc) is 2.49. The maximum absolute atomic E-state index is 11.2. The summed E-state index contributed by atoms with van der Waals surface area (Å²) in [6, 6.07) is 0. The van der Waals surface area contributed by atoms with Crippen molar-refractivity contribution in [3.05, 3.63) is 0 Å². The number of ether oxygens (including phenoxy) is 4. The molecule has 0 aromatic heterocycles. The van der Waals surface area contributed by atoms with Crippen molar-refractivity contribution in [3.63, 3.8) is 0 Å². The number of hydrogen-bond acceptors (Lipinski definition) is 5. The first kappa shape index (κ1) is 20.3. The summed E-state index contributed by atoms with van der Waals surface area (Å²) in [5.74, 6) is -0.0803. The summed E-state index contributed by atoms with van der Waals surface area (Å²) in [6.07, 6.45) is 3.18. The molecule has 0 rings (SSSR count). The highest BCUT2D eigenvalue weighted by molar-refractivity contribution is 5.77. The van der Waals surface area contributed by atoms with Gasteiger partial charge in [0.2, 0.25) is 5.91 Å². The van der Waals surface area contributed by atoms with Crippen molar-refractivity contribution in [1.82, 2.24) is 5.32 Å². The van der Waals surface area contributed by atoms with Crippen LogP contribution in [-0.4, -0.2) is 65.3 Å². The first-order chi connectivity index (χ1) is 10.3. The van der Waals surface area contributed by atoms with Crippen LogP contribution < -0.4 is 5.32 Å². The first-order valence-electron chi connectivity index (χ1n) is 7.88. The molecule has 126 valence electrons. The molecule has 1 N–H and O–H groups in total. The Morgan fingerprint density at radius 1 is 0.762 bits per heavy atom. The molecule has 0 heterocycles. The molecule has 0 bridgehead atoms. The lowest BCUT2D eigenvalue weighted by Crippen LogP contribution is -2.28. The standard InChI is InChI=1S/C15H31NO5/c1-3-5-7-18-8-9-19-10-11-20-12-13-21-14-15(17)16-6-4-2/h3-14H2,1-2H3,(H,16,17). The Bertz CT molecular complexity index is 226. The molecule has 1 amide bonds. The number of unbranched alkanes of at least 4 members (excludes halogenated alkanes) is 1. The number of carbonyl (C=O) groups is 1. The largest absolute Gasteiger partial charge is 0.379 e. The summed E-state index contributed by atoms with van der Waals surface area (Å²) in [5, 5.41) is 2.74. The van der Waals surface area contributed by atoms with E-state index >= 15 is 0 Å². The molecule has 0 aromatic carbocycles. The molecule has 0 radical (unpaired) electrons. The maximum atomic E-state index is 11.2. The fourth-order valence-corrected chi connectivity index (χ4v) is 1.39. The third-order valence-electron chi connectivity index (χ3n) is 2.56. The van der Waals surface area contributed by atoms with Gasteiger partial charge in [0, 0.05) is 13.2 Å². The van der Waals surface area contributed by atoms with Gasteiger partial charge in [-0.3, -0.25) is 4.79 Å². The van der Waals surface area contributed by atoms with Crippen LogP contribution >= 0.6 is 0 Å². The zero-order valence-corrected chi connectivity index (χ0v) is 13.5. The number of hydrogen-bond donors (Lipinski definition) is 1. The Labute approximate surface area is 128 Å². The number of amides is 1. The SMILES string of the molecule is CCCCOCCOCCOCCOCC(=O)NCCC. The molecule has 0 fully saturated rings. The highest BCUT2D eigenvalue weighted by atomic mass is 16.6. The Hall–Kier alpha value is -0.690. The Kier molecular flexibility index (Phi) is 16.8. The van der Waals surface area contributed by atoms with Gasteiger partial charge in [-0.05, 0) is 12.8 Å². The summed E-state index contributed by atoms with van der Waals surface area (Å²) in [5.41, 5.74) is 0. The van der Waals surface area contributed by atoms with E-state index in [2.05, 4.69) is 12.2 Å². The van der Waals surface area contributed by atoms with E-state index in [4.69, 9.17) is 18.9 Å². The lowest BCUT2D eigenvalue weighted by Gasteiger charge is -2.07. The lowest BCUT2D eigenvalue weighted by atomic mass is 10.4. The third-order valence-corrected chi connectivity index (χ3v) is 2.56. The second-order valence-corrected chi connectivity index (χ2v) is 4.59. The van der Waals surface area contributed by atoms with E-state index < -0.39 is 0 Å². The predicted octanol–water partition coefficient (Wildman–Crippen LogP) is 1.38. The Balaban J connectivity index is 3.04. The van der Waals surface area contributed by atoms with Gasteiger partial charge in [0.25, 0.3) is 0 Å². The predicted molar refractivity (Wildman–Crippen MR) is 81.5 cm³/mol. The molecule has 0 aliphatic heterocycles. The topological polar surface area (TPSA) is 66.0 Å². The van der Waals surface area contributed by atoms with Crippen LogP contribution in [0.15, 0.2) is 0 Å². The second-order valence-electron chi connectivity index (χ2n) is 4.59. The zero-order valence-electron chi connectivity index (χ0n) is 13.5. The van der Waals surface area contributed by atoms with E-state index in [1.54, 1.807) is 0 Å². The molecule has 0 spiro atoms.